The summed E-state index contributed by atoms with van der Waals surface area (Å²) in [4.78, 5) is 0. The van der Waals surface area contributed by atoms with E-state index in [9.17, 15) is 10.2 Å². The zero-order valence-electron chi connectivity index (χ0n) is 13.8. The second-order valence-electron chi connectivity index (χ2n) is 8.54. The van der Waals surface area contributed by atoms with Gasteiger partial charge in [-0.2, -0.15) is 0 Å². The summed E-state index contributed by atoms with van der Waals surface area (Å²) < 4.78 is 0. The molecule has 4 rings (SSSR count). The summed E-state index contributed by atoms with van der Waals surface area (Å²) in [7, 11) is 0. The Bertz CT molecular complexity index is 315. The maximum absolute atomic E-state index is 10.6. The third-order valence-corrected chi connectivity index (χ3v) is 6.58. The van der Waals surface area contributed by atoms with Crippen molar-refractivity contribution in [3.8, 4) is 0 Å². The van der Waals surface area contributed by atoms with E-state index in [0.717, 1.165) is 31.6 Å². The summed E-state index contributed by atoms with van der Waals surface area (Å²) in [6.45, 7) is 2.27. The number of hydrogen-bond acceptors (Lipinski definition) is 2. The molecule has 0 atom stereocenters. The van der Waals surface area contributed by atoms with Gasteiger partial charge in [0.2, 0.25) is 0 Å². The second kappa shape index (κ2) is 6.20. The highest BCUT2D eigenvalue weighted by molar-refractivity contribution is 5.11. The van der Waals surface area contributed by atoms with Crippen LogP contribution in [0.1, 0.15) is 90.4 Å². The van der Waals surface area contributed by atoms with E-state index in [0.29, 0.717) is 18.3 Å². The molecule has 2 nitrogen and oxygen atoms in total. The van der Waals surface area contributed by atoms with Gasteiger partial charge in [-0.25, -0.2) is 0 Å². The van der Waals surface area contributed by atoms with Crippen molar-refractivity contribution in [1.82, 2.24) is 0 Å². The molecule has 0 aromatic carbocycles. The van der Waals surface area contributed by atoms with E-state index in [1.165, 1.54) is 51.4 Å². The average molecular weight is 294 g/mol. The first-order chi connectivity index (χ1) is 10.0. The van der Waals surface area contributed by atoms with Crippen molar-refractivity contribution in [3.63, 3.8) is 0 Å². The molecule has 0 radical (unpaired) electrons. The third-order valence-electron chi connectivity index (χ3n) is 6.58. The highest BCUT2D eigenvalue weighted by Gasteiger charge is 2.59. The zero-order chi connectivity index (χ0) is 14.9. The molecule has 4 aliphatic rings. The van der Waals surface area contributed by atoms with Crippen molar-refractivity contribution in [2.75, 3.05) is 0 Å². The zero-order valence-corrected chi connectivity index (χ0v) is 13.8. The van der Waals surface area contributed by atoms with Crippen LogP contribution in [0.4, 0.5) is 0 Å². The van der Waals surface area contributed by atoms with Crippen molar-refractivity contribution in [2.45, 2.75) is 102 Å². The molecule has 0 aliphatic heterocycles. The van der Waals surface area contributed by atoms with Crippen LogP contribution >= 0.6 is 0 Å². The van der Waals surface area contributed by atoms with Gasteiger partial charge in [0.25, 0.3) is 0 Å². The number of aliphatic hydroxyl groups is 2. The number of unbranched alkanes of at least 4 members (excludes halogenated alkanes) is 6. The molecule has 4 fully saturated rings. The van der Waals surface area contributed by atoms with E-state index in [-0.39, 0.29) is 0 Å². The van der Waals surface area contributed by atoms with Crippen molar-refractivity contribution >= 4 is 0 Å². The molecule has 21 heavy (non-hydrogen) atoms. The predicted molar refractivity (Wildman–Crippen MR) is 86.1 cm³/mol. The summed E-state index contributed by atoms with van der Waals surface area (Å²) in [6, 6.07) is 0. The second-order valence-corrected chi connectivity index (χ2v) is 8.54. The van der Waals surface area contributed by atoms with Crippen molar-refractivity contribution in [2.24, 2.45) is 17.8 Å². The fourth-order valence-corrected chi connectivity index (χ4v) is 5.96. The first kappa shape index (κ1) is 15.8. The molecule has 0 aromatic rings. The molecule has 0 aromatic heterocycles. The normalized spacial score (nSPS) is 44.4. The van der Waals surface area contributed by atoms with Gasteiger partial charge in [0.15, 0.2) is 0 Å². The summed E-state index contributed by atoms with van der Waals surface area (Å²) in [5.41, 5.74) is -1.03. The molecule has 0 heterocycles. The maximum atomic E-state index is 10.6. The summed E-state index contributed by atoms with van der Waals surface area (Å²) in [5.74, 6) is 1.99. The van der Waals surface area contributed by atoms with Gasteiger partial charge in [-0.1, -0.05) is 51.9 Å². The Hall–Kier alpha value is -0.0800. The molecule has 0 saturated heterocycles. The average Bonchev–Trinajstić information content (AvgIpc) is 2.37. The molecular formula is C19H34O2. The van der Waals surface area contributed by atoms with Crippen LogP contribution in [0.25, 0.3) is 0 Å². The standard InChI is InChI=1S/C19H34O2/c1-2-3-4-5-6-7-8-9-17-15-10-18(20)12-16(17)13-19(21,11-15)14-18/h15-17,20-21H,2-14H2,1H3. The molecule has 4 saturated carbocycles. The SMILES string of the molecule is CCCCCCCCCC1C2CC3(O)CC1CC(O)(C2)C3. The monoisotopic (exact) mass is 294 g/mol. The summed E-state index contributed by atoms with van der Waals surface area (Å²) in [6.07, 6.45) is 15.5. The van der Waals surface area contributed by atoms with Gasteiger partial charge in [0, 0.05) is 6.42 Å². The highest BCUT2D eigenvalue weighted by Crippen LogP contribution is 2.60. The van der Waals surface area contributed by atoms with Crippen LogP contribution in [0.15, 0.2) is 0 Å². The van der Waals surface area contributed by atoms with Crippen LogP contribution in [0.2, 0.25) is 0 Å². The molecule has 0 unspecified atom stereocenters. The number of rotatable bonds is 8. The Balaban J connectivity index is 1.41. The Morgan fingerprint density at radius 1 is 0.762 bits per heavy atom. The van der Waals surface area contributed by atoms with Gasteiger partial charge in [-0.05, 0) is 49.9 Å². The lowest BCUT2D eigenvalue weighted by Gasteiger charge is -2.61. The Morgan fingerprint density at radius 2 is 1.24 bits per heavy atom. The van der Waals surface area contributed by atoms with Crippen molar-refractivity contribution in [3.05, 3.63) is 0 Å². The molecule has 4 aliphatic carbocycles. The van der Waals surface area contributed by atoms with Crippen molar-refractivity contribution < 1.29 is 10.2 Å². The Labute approximate surface area is 130 Å². The predicted octanol–water partition coefficient (Wildman–Crippen LogP) is 4.43. The molecule has 0 amide bonds. The van der Waals surface area contributed by atoms with Crippen LogP contribution in [0.3, 0.4) is 0 Å². The lowest BCUT2D eigenvalue weighted by Crippen LogP contribution is -2.62. The lowest BCUT2D eigenvalue weighted by molar-refractivity contribution is -0.220. The molecular weight excluding hydrogens is 260 g/mol. The van der Waals surface area contributed by atoms with Crippen LogP contribution in [0.5, 0.6) is 0 Å². The van der Waals surface area contributed by atoms with Crippen LogP contribution < -0.4 is 0 Å². The number of hydrogen-bond donors (Lipinski definition) is 2. The quantitative estimate of drug-likeness (QED) is 0.650. The van der Waals surface area contributed by atoms with E-state index in [2.05, 4.69) is 6.92 Å². The molecule has 4 bridgehead atoms. The largest absolute Gasteiger partial charge is 0.390 e. The maximum Gasteiger partial charge on any atom is 0.0680 e. The van der Waals surface area contributed by atoms with Gasteiger partial charge in [-0.15, -0.1) is 0 Å². The molecule has 2 N–H and O–H groups in total. The van der Waals surface area contributed by atoms with Gasteiger partial charge >= 0.3 is 0 Å². The minimum Gasteiger partial charge on any atom is -0.390 e. The summed E-state index contributed by atoms with van der Waals surface area (Å²) >= 11 is 0. The van der Waals surface area contributed by atoms with Crippen molar-refractivity contribution in [1.29, 1.82) is 0 Å². The van der Waals surface area contributed by atoms with Gasteiger partial charge in [0.05, 0.1) is 11.2 Å². The minimum atomic E-state index is -0.517. The van der Waals surface area contributed by atoms with Crippen LogP contribution in [-0.4, -0.2) is 21.4 Å². The van der Waals surface area contributed by atoms with Gasteiger partial charge < -0.3 is 10.2 Å². The summed E-state index contributed by atoms with van der Waals surface area (Å²) in [5, 5.41) is 21.2. The van der Waals surface area contributed by atoms with E-state index in [4.69, 9.17) is 0 Å². The van der Waals surface area contributed by atoms with Crippen LogP contribution in [0, 0.1) is 17.8 Å². The van der Waals surface area contributed by atoms with Gasteiger partial charge in [-0.3, -0.25) is 0 Å². The van der Waals surface area contributed by atoms with Crippen LogP contribution in [-0.2, 0) is 0 Å². The third kappa shape index (κ3) is 3.47. The fourth-order valence-electron chi connectivity index (χ4n) is 5.96. The first-order valence-corrected chi connectivity index (χ1v) is 9.48. The van der Waals surface area contributed by atoms with E-state index in [1.54, 1.807) is 0 Å². The van der Waals surface area contributed by atoms with Gasteiger partial charge in [0.1, 0.15) is 0 Å². The Kier molecular flexibility index (Phi) is 4.66. The fraction of sp³-hybridized carbons (Fsp3) is 1.00. The minimum absolute atomic E-state index is 0.517. The van der Waals surface area contributed by atoms with E-state index >= 15 is 0 Å². The highest BCUT2D eigenvalue weighted by atomic mass is 16.3. The Morgan fingerprint density at radius 3 is 1.76 bits per heavy atom. The topological polar surface area (TPSA) is 40.5 Å². The molecule has 2 heteroatoms. The van der Waals surface area contributed by atoms with E-state index in [1.807, 2.05) is 0 Å². The molecule has 0 spiro atoms. The van der Waals surface area contributed by atoms with E-state index < -0.39 is 11.2 Å². The molecule has 122 valence electrons. The first-order valence-electron chi connectivity index (χ1n) is 9.48. The smallest absolute Gasteiger partial charge is 0.0680 e. The lowest BCUT2D eigenvalue weighted by atomic mass is 9.48.